The van der Waals surface area contributed by atoms with Gasteiger partial charge in [-0.2, -0.15) is 0 Å². The summed E-state index contributed by atoms with van der Waals surface area (Å²) >= 11 is 0. The van der Waals surface area contributed by atoms with Crippen LogP contribution >= 0.6 is 0 Å². The fraction of sp³-hybridized carbons (Fsp3) is 0.368. The van der Waals surface area contributed by atoms with Crippen LogP contribution in [-0.2, 0) is 17.9 Å². The van der Waals surface area contributed by atoms with Crippen molar-refractivity contribution in [2.24, 2.45) is 0 Å². The van der Waals surface area contributed by atoms with Crippen LogP contribution in [0.3, 0.4) is 0 Å². The summed E-state index contributed by atoms with van der Waals surface area (Å²) in [6.45, 7) is -0.457. The molecule has 0 bridgehead atoms. The number of nitrogens with zero attached hydrogens (tertiary/aromatic N) is 1. The molecular formula is C38H42N4O5. The average Bonchev–Trinajstić information content (AvgIpc) is 3.11. The number of aromatic nitrogens is 2. The number of aromatic amines is 1. The molecule has 0 atom stereocenters. The first-order valence-corrected chi connectivity index (χ1v) is 16.7. The second-order valence-corrected chi connectivity index (χ2v) is 12.8. The van der Waals surface area contributed by atoms with Crippen molar-refractivity contribution in [1.29, 1.82) is 0 Å². The van der Waals surface area contributed by atoms with Gasteiger partial charge in [-0.1, -0.05) is 91.0 Å². The maximum absolute atomic E-state index is 13.7. The smallest absolute Gasteiger partial charge is 0.329 e. The monoisotopic (exact) mass is 634 g/mol. The number of nitrogens with one attached hydrogen (secondary N) is 3. The Labute approximate surface area is 274 Å². The van der Waals surface area contributed by atoms with Gasteiger partial charge in [0.05, 0.1) is 0 Å². The fourth-order valence-electron chi connectivity index (χ4n) is 6.99. The second kappa shape index (κ2) is 15.1. The van der Waals surface area contributed by atoms with Crippen LogP contribution in [0, 0.1) is 0 Å². The number of ether oxygens (including phenoxy) is 1. The van der Waals surface area contributed by atoms with Crippen molar-refractivity contribution in [3.63, 3.8) is 0 Å². The molecule has 3 aromatic carbocycles. The van der Waals surface area contributed by atoms with Crippen LogP contribution < -0.4 is 26.6 Å². The van der Waals surface area contributed by atoms with Crippen molar-refractivity contribution in [3.8, 4) is 5.75 Å². The van der Waals surface area contributed by atoms with E-state index < -0.39 is 29.6 Å². The van der Waals surface area contributed by atoms with Crippen molar-refractivity contribution >= 4 is 11.8 Å². The lowest BCUT2D eigenvalue weighted by atomic mass is 9.82. The summed E-state index contributed by atoms with van der Waals surface area (Å²) in [6.07, 6.45) is 6.93. The van der Waals surface area contributed by atoms with Gasteiger partial charge in [0.2, 0.25) is 11.7 Å². The number of carbonyl (C=O) groups is 2. The molecule has 47 heavy (non-hydrogen) atoms. The van der Waals surface area contributed by atoms with E-state index in [4.69, 9.17) is 4.74 Å². The summed E-state index contributed by atoms with van der Waals surface area (Å²) in [5, 5.41) is 6.02. The van der Waals surface area contributed by atoms with E-state index >= 15 is 0 Å². The predicted molar refractivity (Wildman–Crippen MR) is 181 cm³/mol. The molecule has 0 aliphatic heterocycles. The highest BCUT2D eigenvalue weighted by molar-refractivity contribution is 5.95. The van der Waals surface area contributed by atoms with Crippen LogP contribution in [0.1, 0.15) is 90.4 Å². The van der Waals surface area contributed by atoms with E-state index in [1.54, 1.807) is 0 Å². The first-order chi connectivity index (χ1) is 22.9. The summed E-state index contributed by atoms with van der Waals surface area (Å²) in [5.74, 6) is -0.390. The quantitative estimate of drug-likeness (QED) is 0.215. The molecule has 2 fully saturated rings. The highest BCUT2D eigenvalue weighted by Gasteiger charge is 2.28. The standard InChI is InChI=1S/C38H42N4O5/c43-33(39-31-20-16-29(17-21-31)27-12-6-2-7-13-27)24-42-37(45)35(47-25-26-10-4-1-5-11-26)34(41-38(42)46)36(44)40-32-22-18-30(19-23-32)28-14-8-3-9-15-28/h1-15,29-32H,16-25H2,(H,39,43)(H,40,44)(H,41,46)/t29-,30?,31+,32?. The van der Waals surface area contributed by atoms with Crippen molar-refractivity contribution in [3.05, 3.63) is 134 Å². The van der Waals surface area contributed by atoms with Crippen LogP contribution in [0.15, 0.2) is 101 Å². The molecule has 0 spiro atoms. The van der Waals surface area contributed by atoms with Crippen LogP contribution in [0.5, 0.6) is 5.75 Å². The SMILES string of the molecule is O=C(Cn1c(=O)[nH]c(C(=O)NC2CCC(c3ccccc3)CC2)c(OCc2ccccc2)c1=O)N[C@H]1CC[C@@H](c2ccccc2)CC1. The van der Waals surface area contributed by atoms with Crippen molar-refractivity contribution < 1.29 is 14.3 Å². The summed E-state index contributed by atoms with van der Waals surface area (Å²) in [7, 11) is 0. The molecule has 1 heterocycles. The summed E-state index contributed by atoms with van der Waals surface area (Å²) in [4.78, 5) is 56.1. The number of amides is 2. The molecule has 2 saturated carbocycles. The van der Waals surface area contributed by atoms with Crippen LogP contribution in [0.25, 0.3) is 0 Å². The van der Waals surface area contributed by atoms with Gasteiger partial charge in [0.1, 0.15) is 13.2 Å². The van der Waals surface area contributed by atoms with E-state index in [-0.39, 0.29) is 30.1 Å². The first kappa shape index (κ1) is 32.0. The molecule has 9 heteroatoms. The molecule has 3 N–H and O–H groups in total. The third-order valence-corrected chi connectivity index (χ3v) is 9.59. The topological polar surface area (TPSA) is 122 Å². The number of hydrogen-bond acceptors (Lipinski definition) is 5. The molecular weight excluding hydrogens is 592 g/mol. The lowest BCUT2D eigenvalue weighted by Gasteiger charge is -2.29. The highest BCUT2D eigenvalue weighted by atomic mass is 16.5. The van der Waals surface area contributed by atoms with Gasteiger partial charge >= 0.3 is 5.69 Å². The molecule has 2 amide bonds. The van der Waals surface area contributed by atoms with Gasteiger partial charge in [-0.3, -0.25) is 19.4 Å². The van der Waals surface area contributed by atoms with E-state index in [9.17, 15) is 19.2 Å². The van der Waals surface area contributed by atoms with Gasteiger partial charge < -0.3 is 15.4 Å². The molecule has 0 saturated heterocycles. The summed E-state index contributed by atoms with van der Waals surface area (Å²) < 4.78 is 6.74. The molecule has 9 nitrogen and oxygen atoms in total. The Morgan fingerprint density at radius 3 is 1.70 bits per heavy atom. The van der Waals surface area contributed by atoms with Gasteiger partial charge in [-0.05, 0) is 79.9 Å². The van der Waals surface area contributed by atoms with E-state index in [1.807, 2.05) is 66.7 Å². The number of rotatable bonds is 10. The lowest BCUT2D eigenvalue weighted by molar-refractivity contribution is -0.122. The van der Waals surface area contributed by atoms with E-state index in [2.05, 4.69) is 39.9 Å². The van der Waals surface area contributed by atoms with E-state index in [0.29, 0.717) is 11.8 Å². The normalized spacial score (nSPS) is 21.0. The van der Waals surface area contributed by atoms with Crippen molar-refractivity contribution in [2.45, 2.75) is 88.4 Å². The molecule has 244 valence electrons. The van der Waals surface area contributed by atoms with Gasteiger partial charge in [-0.25, -0.2) is 9.36 Å². The van der Waals surface area contributed by atoms with Crippen LogP contribution in [-0.4, -0.2) is 33.4 Å². The zero-order valence-corrected chi connectivity index (χ0v) is 26.5. The Morgan fingerprint density at radius 2 is 1.17 bits per heavy atom. The average molecular weight is 635 g/mol. The molecule has 4 aromatic rings. The number of H-pyrrole nitrogens is 1. The zero-order chi connectivity index (χ0) is 32.6. The Kier molecular flexibility index (Phi) is 10.3. The van der Waals surface area contributed by atoms with Gasteiger partial charge in [-0.15, -0.1) is 0 Å². The largest absolute Gasteiger partial charge is 0.481 e. The van der Waals surface area contributed by atoms with Gasteiger partial charge in [0.25, 0.3) is 11.5 Å². The summed E-state index contributed by atoms with van der Waals surface area (Å²) in [5.41, 5.74) is 1.53. The molecule has 2 aliphatic rings. The number of carbonyl (C=O) groups excluding carboxylic acids is 2. The van der Waals surface area contributed by atoms with Gasteiger partial charge in [0, 0.05) is 12.1 Å². The van der Waals surface area contributed by atoms with Crippen molar-refractivity contribution in [1.82, 2.24) is 20.2 Å². The number of benzene rings is 3. The minimum absolute atomic E-state index is 0.0153. The van der Waals surface area contributed by atoms with E-state index in [0.717, 1.165) is 61.5 Å². The minimum atomic E-state index is -0.831. The fourth-order valence-corrected chi connectivity index (χ4v) is 6.99. The van der Waals surface area contributed by atoms with E-state index in [1.165, 1.54) is 11.1 Å². The Hall–Kier alpha value is -4.92. The molecule has 0 radical (unpaired) electrons. The minimum Gasteiger partial charge on any atom is -0.481 e. The molecule has 1 aromatic heterocycles. The third-order valence-electron chi connectivity index (χ3n) is 9.59. The Bertz CT molecular complexity index is 1760. The zero-order valence-electron chi connectivity index (χ0n) is 26.5. The third kappa shape index (κ3) is 8.09. The van der Waals surface area contributed by atoms with Crippen LogP contribution in [0.2, 0.25) is 0 Å². The Balaban J connectivity index is 1.14. The van der Waals surface area contributed by atoms with Crippen molar-refractivity contribution in [2.75, 3.05) is 0 Å². The first-order valence-electron chi connectivity index (χ1n) is 16.7. The highest BCUT2D eigenvalue weighted by Crippen LogP contribution is 2.34. The molecule has 2 aliphatic carbocycles. The Morgan fingerprint density at radius 1 is 0.681 bits per heavy atom. The van der Waals surface area contributed by atoms with Gasteiger partial charge in [0.15, 0.2) is 5.69 Å². The maximum Gasteiger partial charge on any atom is 0.329 e. The van der Waals surface area contributed by atoms with Crippen LogP contribution in [0.4, 0.5) is 0 Å². The maximum atomic E-state index is 13.7. The molecule has 0 unspecified atom stereocenters. The number of hydrogen-bond donors (Lipinski definition) is 3. The summed E-state index contributed by atoms with van der Waals surface area (Å²) in [6, 6.07) is 29.9. The predicted octanol–water partition coefficient (Wildman–Crippen LogP) is 5.41. The molecule has 6 rings (SSSR count). The lowest BCUT2D eigenvalue weighted by Crippen LogP contribution is -2.46. The second-order valence-electron chi connectivity index (χ2n) is 12.8.